The van der Waals surface area contributed by atoms with Crippen LogP contribution in [0.1, 0.15) is 36.0 Å². The quantitative estimate of drug-likeness (QED) is 0.906. The Balaban J connectivity index is 2.00. The van der Waals surface area contributed by atoms with Crippen LogP contribution in [-0.2, 0) is 0 Å². The van der Waals surface area contributed by atoms with Gasteiger partial charge in [0.25, 0.3) is 5.91 Å². The molecule has 1 aromatic rings. The van der Waals surface area contributed by atoms with Crippen LogP contribution in [-0.4, -0.2) is 44.5 Å². The number of amides is 1. The fourth-order valence-electron chi connectivity index (χ4n) is 3.00. The summed E-state index contributed by atoms with van der Waals surface area (Å²) in [4.78, 5) is 15.9. The second-order valence-electron chi connectivity index (χ2n) is 6.23. The van der Waals surface area contributed by atoms with Gasteiger partial charge in [0.1, 0.15) is 0 Å². The first-order valence-electron chi connectivity index (χ1n) is 7.99. The zero-order valence-corrected chi connectivity index (χ0v) is 14.3. The number of carbonyl (C=O) groups is 1. The summed E-state index contributed by atoms with van der Waals surface area (Å²) in [6, 6.07) is 5.75. The van der Waals surface area contributed by atoms with E-state index in [1.54, 1.807) is 19.0 Å². The number of rotatable bonds is 5. The minimum atomic E-state index is -0.0583. The molecule has 0 aromatic heterocycles. The molecule has 0 aliphatic carbocycles. The maximum absolute atomic E-state index is 12.0. The molecule has 1 amide bonds. The first-order valence-corrected chi connectivity index (χ1v) is 8.37. The van der Waals surface area contributed by atoms with Gasteiger partial charge in [-0.2, -0.15) is 0 Å². The van der Waals surface area contributed by atoms with Crippen LogP contribution in [0, 0.1) is 5.92 Å². The Bertz CT molecular complexity index is 511. The van der Waals surface area contributed by atoms with Gasteiger partial charge in [0.2, 0.25) is 0 Å². The number of carbonyl (C=O) groups excluding carboxylic acids is 1. The Labute approximate surface area is 138 Å². The average molecular weight is 324 g/mol. The summed E-state index contributed by atoms with van der Waals surface area (Å²) in [7, 11) is 3.47. The molecule has 0 atom stereocenters. The van der Waals surface area contributed by atoms with E-state index in [9.17, 15) is 4.79 Å². The molecule has 0 spiro atoms. The van der Waals surface area contributed by atoms with E-state index in [4.69, 9.17) is 17.3 Å². The monoisotopic (exact) mass is 323 g/mol. The molecule has 122 valence electrons. The summed E-state index contributed by atoms with van der Waals surface area (Å²) in [6.07, 6.45) is 4.77. The molecule has 1 aromatic carbocycles. The SMILES string of the molecule is CN(C)C(=O)c1ccc(N2CCC(CCCN)CC2)cc1Cl. The standard InChI is InChI=1S/C17H26ClN3O/c1-20(2)17(22)15-6-5-14(12-16(15)18)21-10-7-13(8-11-21)4-3-9-19/h5-6,12-13H,3-4,7-11,19H2,1-2H3. The highest BCUT2D eigenvalue weighted by molar-refractivity contribution is 6.34. The van der Waals surface area contributed by atoms with Crippen LogP contribution < -0.4 is 10.6 Å². The Morgan fingerprint density at radius 2 is 2.05 bits per heavy atom. The molecule has 5 heteroatoms. The minimum absolute atomic E-state index is 0.0583. The van der Waals surface area contributed by atoms with E-state index in [1.807, 2.05) is 18.2 Å². The molecule has 1 saturated heterocycles. The van der Waals surface area contributed by atoms with Gasteiger partial charge in [-0.25, -0.2) is 0 Å². The number of anilines is 1. The Morgan fingerprint density at radius 1 is 1.36 bits per heavy atom. The predicted molar refractivity (Wildman–Crippen MR) is 92.7 cm³/mol. The number of hydrogen-bond donors (Lipinski definition) is 1. The van der Waals surface area contributed by atoms with E-state index in [-0.39, 0.29) is 5.91 Å². The van der Waals surface area contributed by atoms with Crippen molar-refractivity contribution >= 4 is 23.2 Å². The van der Waals surface area contributed by atoms with Gasteiger partial charge in [-0.3, -0.25) is 4.79 Å². The lowest BCUT2D eigenvalue weighted by atomic mass is 9.92. The van der Waals surface area contributed by atoms with Crippen LogP contribution in [0.2, 0.25) is 5.02 Å². The van der Waals surface area contributed by atoms with Crippen LogP contribution in [0.5, 0.6) is 0 Å². The van der Waals surface area contributed by atoms with E-state index < -0.39 is 0 Å². The van der Waals surface area contributed by atoms with Crippen molar-refractivity contribution in [3.8, 4) is 0 Å². The van der Waals surface area contributed by atoms with Gasteiger partial charge in [-0.05, 0) is 56.3 Å². The molecule has 4 nitrogen and oxygen atoms in total. The third-order valence-electron chi connectivity index (χ3n) is 4.39. The van der Waals surface area contributed by atoms with Gasteiger partial charge >= 0.3 is 0 Å². The molecule has 1 heterocycles. The molecule has 0 saturated carbocycles. The fraction of sp³-hybridized carbons (Fsp3) is 0.588. The molecule has 0 unspecified atom stereocenters. The normalized spacial score (nSPS) is 15.9. The highest BCUT2D eigenvalue weighted by Crippen LogP contribution is 2.29. The number of halogens is 1. The van der Waals surface area contributed by atoms with Crippen molar-refractivity contribution in [2.45, 2.75) is 25.7 Å². The molecular formula is C17H26ClN3O. The van der Waals surface area contributed by atoms with Gasteiger partial charge in [-0.15, -0.1) is 0 Å². The lowest BCUT2D eigenvalue weighted by molar-refractivity contribution is 0.0828. The molecule has 2 N–H and O–H groups in total. The van der Waals surface area contributed by atoms with Crippen LogP contribution >= 0.6 is 11.6 Å². The number of nitrogens with zero attached hydrogens (tertiary/aromatic N) is 2. The van der Waals surface area contributed by atoms with Crippen molar-refractivity contribution in [3.63, 3.8) is 0 Å². The second kappa shape index (κ2) is 7.84. The molecule has 1 fully saturated rings. The van der Waals surface area contributed by atoms with Gasteiger partial charge in [-0.1, -0.05) is 11.6 Å². The van der Waals surface area contributed by atoms with Crippen molar-refractivity contribution < 1.29 is 4.79 Å². The predicted octanol–water partition coefficient (Wildman–Crippen LogP) is 3.00. The summed E-state index contributed by atoms with van der Waals surface area (Å²) in [5.74, 6) is 0.738. The molecule has 0 radical (unpaired) electrons. The topological polar surface area (TPSA) is 49.6 Å². The van der Waals surface area contributed by atoms with Crippen LogP contribution in [0.15, 0.2) is 18.2 Å². The number of piperidine rings is 1. The van der Waals surface area contributed by atoms with Gasteiger partial charge in [0.15, 0.2) is 0 Å². The smallest absolute Gasteiger partial charge is 0.254 e. The van der Waals surface area contributed by atoms with Crippen molar-refractivity contribution in [1.29, 1.82) is 0 Å². The summed E-state index contributed by atoms with van der Waals surface area (Å²) in [5, 5.41) is 0.529. The molecule has 0 bridgehead atoms. The zero-order valence-electron chi connectivity index (χ0n) is 13.5. The van der Waals surface area contributed by atoms with E-state index in [1.165, 1.54) is 19.3 Å². The van der Waals surface area contributed by atoms with Crippen LogP contribution in [0.25, 0.3) is 0 Å². The lowest BCUT2D eigenvalue weighted by Crippen LogP contribution is -2.33. The van der Waals surface area contributed by atoms with E-state index in [2.05, 4.69) is 4.90 Å². The van der Waals surface area contributed by atoms with Gasteiger partial charge in [0.05, 0.1) is 10.6 Å². The number of benzene rings is 1. The third kappa shape index (κ3) is 4.14. The highest BCUT2D eigenvalue weighted by Gasteiger charge is 2.20. The maximum Gasteiger partial charge on any atom is 0.254 e. The number of hydrogen-bond acceptors (Lipinski definition) is 3. The summed E-state index contributed by atoms with van der Waals surface area (Å²) < 4.78 is 0. The van der Waals surface area contributed by atoms with Crippen molar-refractivity contribution in [3.05, 3.63) is 28.8 Å². The van der Waals surface area contributed by atoms with Crippen LogP contribution in [0.4, 0.5) is 5.69 Å². The molecule has 2 rings (SSSR count). The first kappa shape index (κ1) is 17.1. The summed E-state index contributed by atoms with van der Waals surface area (Å²) in [5.41, 5.74) is 7.26. The molecule has 1 aliphatic rings. The molecule has 22 heavy (non-hydrogen) atoms. The fourth-order valence-corrected chi connectivity index (χ4v) is 3.26. The van der Waals surface area contributed by atoms with Crippen molar-refractivity contribution in [1.82, 2.24) is 4.90 Å². The maximum atomic E-state index is 12.0. The lowest BCUT2D eigenvalue weighted by Gasteiger charge is -2.34. The molecule has 1 aliphatic heterocycles. The zero-order chi connectivity index (χ0) is 16.1. The van der Waals surface area contributed by atoms with E-state index >= 15 is 0 Å². The van der Waals surface area contributed by atoms with E-state index in [0.717, 1.165) is 37.7 Å². The summed E-state index contributed by atoms with van der Waals surface area (Å²) >= 11 is 6.30. The Hall–Kier alpha value is -1.26. The van der Waals surface area contributed by atoms with Gasteiger partial charge < -0.3 is 15.5 Å². The Morgan fingerprint density at radius 3 is 2.59 bits per heavy atom. The minimum Gasteiger partial charge on any atom is -0.371 e. The van der Waals surface area contributed by atoms with Crippen LogP contribution in [0.3, 0.4) is 0 Å². The third-order valence-corrected chi connectivity index (χ3v) is 4.70. The largest absolute Gasteiger partial charge is 0.371 e. The van der Waals surface area contributed by atoms with Crippen molar-refractivity contribution in [2.75, 3.05) is 38.6 Å². The van der Waals surface area contributed by atoms with Crippen molar-refractivity contribution in [2.24, 2.45) is 11.7 Å². The van der Waals surface area contributed by atoms with E-state index in [0.29, 0.717) is 10.6 Å². The Kier molecular flexibility index (Phi) is 6.09. The number of nitrogens with two attached hydrogens (primary N) is 1. The first-order chi connectivity index (χ1) is 10.5. The second-order valence-corrected chi connectivity index (χ2v) is 6.63. The highest BCUT2D eigenvalue weighted by atomic mass is 35.5. The average Bonchev–Trinajstić information content (AvgIpc) is 2.52. The molecular weight excluding hydrogens is 298 g/mol. The van der Waals surface area contributed by atoms with Gasteiger partial charge in [0, 0.05) is 32.9 Å². The summed E-state index contributed by atoms with van der Waals surface area (Å²) in [6.45, 7) is 2.89.